The van der Waals surface area contributed by atoms with Gasteiger partial charge in [-0.15, -0.1) is 0 Å². The lowest BCUT2D eigenvalue weighted by molar-refractivity contribution is 0.191. The van der Waals surface area contributed by atoms with Crippen molar-refractivity contribution in [1.29, 1.82) is 0 Å². The highest BCUT2D eigenvalue weighted by Crippen LogP contribution is 2.12. The Balaban J connectivity index is 3.09. The molecule has 60 valence electrons. The smallest absolute Gasteiger partial charge is 0.311 e. The Morgan fingerprint density at radius 2 is 2.18 bits per heavy atom. The second-order valence-electron chi connectivity index (χ2n) is 2.06. The van der Waals surface area contributed by atoms with Crippen molar-refractivity contribution in [3.8, 4) is 0 Å². The van der Waals surface area contributed by atoms with E-state index >= 15 is 0 Å². The molecular formula is C6H6F2N2O. The molecule has 1 N–H and O–H groups in total. The molecule has 0 radical (unpaired) electrons. The molecule has 11 heavy (non-hydrogen) atoms. The minimum absolute atomic E-state index is 0.105. The van der Waals surface area contributed by atoms with Gasteiger partial charge in [0.15, 0.2) is 0 Å². The fourth-order valence-corrected chi connectivity index (χ4v) is 0.631. The molecule has 1 rings (SSSR count). The SMILES string of the molecule is CC(O)c1cnc(F)nc1F. The van der Waals surface area contributed by atoms with Crippen molar-refractivity contribution >= 4 is 0 Å². The van der Waals surface area contributed by atoms with Crippen LogP contribution < -0.4 is 0 Å². The van der Waals surface area contributed by atoms with Crippen LogP contribution in [0.1, 0.15) is 18.6 Å². The first-order valence-electron chi connectivity index (χ1n) is 2.97. The van der Waals surface area contributed by atoms with E-state index in [9.17, 15) is 8.78 Å². The van der Waals surface area contributed by atoms with Crippen molar-refractivity contribution in [2.45, 2.75) is 13.0 Å². The van der Waals surface area contributed by atoms with E-state index in [-0.39, 0.29) is 5.56 Å². The fraction of sp³-hybridized carbons (Fsp3) is 0.333. The lowest BCUT2D eigenvalue weighted by atomic mass is 10.2. The summed E-state index contributed by atoms with van der Waals surface area (Å²) in [6.45, 7) is 1.35. The van der Waals surface area contributed by atoms with Gasteiger partial charge < -0.3 is 5.11 Å². The predicted octanol–water partition coefficient (Wildman–Crippen LogP) is 0.808. The van der Waals surface area contributed by atoms with Crippen molar-refractivity contribution in [3.63, 3.8) is 0 Å². The minimum Gasteiger partial charge on any atom is -0.388 e. The number of aliphatic hydroxyl groups is 1. The van der Waals surface area contributed by atoms with Gasteiger partial charge in [0.25, 0.3) is 0 Å². The molecule has 1 aromatic heterocycles. The Hall–Kier alpha value is -1.10. The van der Waals surface area contributed by atoms with Crippen LogP contribution in [0.4, 0.5) is 8.78 Å². The summed E-state index contributed by atoms with van der Waals surface area (Å²) in [5.74, 6) is -1.02. The zero-order valence-electron chi connectivity index (χ0n) is 5.75. The highest BCUT2D eigenvalue weighted by molar-refractivity contribution is 5.07. The molecule has 1 aromatic rings. The molecule has 0 bridgehead atoms. The highest BCUT2D eigenvalue weighted by Gasteiger charge is 2.10. The zero-order valence-corrected chi connectivity index (χ0v) is 5.75. The third-order valence-electron chi connectivity index (χ3n) is 1.19. The second kappa shape index (κ2) is 2.87. The molecule has 0 aliphatic carbocycles. The average molecular weight is 160 g/mol. The lowest BCUT2D eigenvalue weighted by Crippen LogP contribution is -2.02. The van der Waals surface area contributed by atoms with Crippen LogP contribution in [0.25, 0.3) is 0 Å². The summed E-state index contributed by atoms with van der Waals surface area (Å²) in [5.41, 5.74) is -0.105. The van der Waals surface area contributed by atoms with Crippen LogP contribution in [0.3, 0.4) is 0 Å². The molecule has 0 fully saturated rings. The summed E-state index contributed by atoms with van der Waals surface area (Å²) in [6, 6.07) is 0. The summed E-state index contributed by atoms with van der Waals surface area (Å²) in [7, 11) is 0. The van der Waals surface area contributed by atoms with Crippen molar-refractivity contribution in [1.82, 2.24) is 9.97 Å². The quantitative estimate of drug-likeness (QED) is 0.488. The Labute approximate surface area is 61.7 Å². The van der Waals surface area contributed by atoms with Crippen molar-refractivity contribution < 1.29 is 13.9 Å². The van der Waals surface area contributed by atoms with Gasteiger partial charge in [0.2, 0.25) is 5.95 Å². The minimum atomic E-state index is -1.13. The molecule has 0 aliphatic rings. The van der Waals surface area contributed by atoms with Crippen LogP contribution in [-0.2, 0) is 0 Å². The summed E-state index contributed by atoms with van der Waals surface area (Å²) >= 11 is 0. The fourth-order valence-electron chi connectivity index (χ4n) is 0.631. The highest BCUT2D eigenvalue weighted by atomic mass is 19.1. The summed E-state index contributed by atoms with van der Waals surface area (Å²) in [5, 5.41) is 8.85. The van der Waals surface area contributed by atoms with Crippen molar-refractivity contribution in [2.75, 3.05) is 0 Å². The van der Waals surface area contributed by atoms with Crippen LogP contribution in [0.5, 0.6) is 0 Å². The van der Waals surface area contributed by atoms with Gasteiger partial charge in [-0.3, -0.25) is 0 Å². The van der Waals surface area contributed by atoms with Gasteiger partial charge in [0.1, 0.15) is 0 Å². The van der Waals surface area contributed by atoms with Gasteiger partial charge in [0.05, 0.1) is 11.7 Å². The Bertz CT molecular complexity index is 265. The molecule has 0 saturated heterocycles. The van der Waals surface area contributed by atoms with Gasteiger partial charge in [-0.2, -0.15) is 13.8 Å². The molecule has 5 heteroatoms. The Morgan fingerprint density at radius 3 is 2.64 bits per heavy atom. The third kappa shape index (κ3) is 1.68. The summed E-state index contributed by atoms with van der Waals surface area (Å²) < 4.78 is 24.6. The van der Waals surface area contributed by atoms with Gasteiger partial charge >= 0.3 is 6.08 Å². The second-order valence-corrected chi connectivity index (χ2v) is 2.06. The van der Waals surface area contributed by atoms with Crippen molar-refractivity contribution in [3.05, 3.63) is 23.8 Å². The number of aromatic nitrogens is 2. The number of nitrogens with zero attached hydrogens (tertiary/aromatic N) is 2. The first-order valence-corrected chi connectivity index (χ1v) is 2.97. The molecule has 0 aliphatic heterocycles. The normalized spacial score (nSPS) is 13.1. The van der Waals surface area contributed by atoms with E-state index in [2.05, 4.69) is 9.97 Å². The molecule has 0 saturated carbocycles. The van der Waals surface area contributed by atoms with Crippen LogP contribution in [-0.4, -0.2) is 15.1 Å². The van der Waals surface area contributed by atoms with E-state index < -0.39 is 18.1 Å². The van der Waals surface area contributed by atoms with E-state index in [1.165, 1.54) is 6.92 Å². The molecule has 3 nitrogen and oxygen atoms in total. The van der Waals surface area contributed by atoms with E-state index in [1.54, 1.807) is 0 Å². The maximum absolute atomic E-state index is 12.6. The Morgan fingerprint density at radius 1 is 1.55 bits per heavy atom. The monoisotopic (exact) mass is 160 g/mol. The summed E-state index contributed by atoms with van der Waals surface area (Å²) in [4.78, 5) is 5.87. The molecule has 1 heterocycles. The number of hydrogen-bond acceptors (Lipinski definition) is 3. The van der Waals surface area contributed by atoms with E-state index in [4.69, 9.17) is 5.11 Å². The van der Waals surface area contributed by atoms with Gasteiger partial charge in [0, 0.05) is 6.20 Å². The zero-order chi connectivity index (χ0) is 8.43. The number of halogens is 2. The molecule has 0 spiro atoms. The first kappa shape index (κ1) is 8.00. The number of aliphatic hydroxyl groups excluding tert-OH is 1. The number of rotatable bonds is 1. The third-order valence-corrected chi connectivity index (χ3v) is 1.19. The maximum atomic E-state index is 12.6. The largest absolute Gasteiger partial charge is 0.388 e. The van der Waals surface area contributed by atoms with E-state index in [1.807, 2.05) is 0 Å². The molecule has 1 atom stereocenters. The topological polar surface area (TPSA) is 46.0 Å². The number of hydrogen-bond donors (Lipinski definition) is 1. The standard InChI is InChI=1S/C6H6F2N2O/c1-3(11)4-2-9-6(8)10-5(4)7/h2-3,11H,1H3. The summed E-state index contributed by atoms with van der Waals surface area (Å²) in [6.07, 6.45) is -1.23. The van der Waals surface area contributed by atoms with E-state index in [0.29, 0.717) is 0 Å². The first-order chi connectivity index (χ1) is 5.11. The van der Waals surface area contributed by atoms with Crippen LogP contribution in [0, 0.1) is 12.0 Å². The Kier molecular flexibility index (Phi) is 2.09. The van der Waals surface area contributed by atoms with Crippen LogP contribution >= 0.6 is 0 Å². The molecular weight excluding hydrogens is 154 g/mol. The van der Waals surface area contributed by atoms with Gasteiger partial charge in [-0.1, -0.05) is 0 Å². The van der Waals surface area contributed by atoms with Crippen LogP contribution in [0.2, 0.25) is 0 Å². The maximum Gasteiger partial charge on any atom is 0.311 e. The molecule has 1 unspecified atom stereocenters. The average Bonchev–Trinajstić information content (AvgIpc) is 1.85. The van der Waals surface area contributed by atoms with E-state index in [0.717, 1.165) is 6.20 Å². The van der Waals surface area contributed by atoms with Crippen molar-refractivity contribution in [2.24, 2.45) is 0 Å². The molecule has 0 aromatic carbocycles. The van der Waals surface area contributed by atoms with Gasteiger partial charge in [-0.05, 0) is 6.92 Å². The lowest BCUT2D eigenvalue weighted by Gasteiger charge is -2.02. The van der Waals surface area contributed by atoms with Gasteiger partial charge in [-0.25, -0.2) is 4.98 Å². The van der Waals surface area contributed by atoms with Crippen LogP contribution in [0.15, 0.2) is 6.20 Å². The molecule has 0 amide bonds. The predicted molar refractivity (Wildman–Crippen MR) is 32.6 cm³/mol.